The van der Waals surface area contributed by atoms with Gasteiger partial charge in [-0.15, -0.1) is 0 Å². The molecule has 4 aliphatic rings. The van der Waals surface area contributed by atoms with Crippen molar-refractivity contribution in [1.82, 2.24) is 4.90 Å². The molecule has 1 aliphatic carbocycles. The normalized spacial score (nSPS) is 32.3. The predicted octanol–water partition coefficient (Wildman–Crippen LogP) is 3.83. The molecule has 4 unspecified atom stereocenters. The summed E-state index contributed by atoms with van der Waals surface area (Å²) in [5.41, 5.74) is 1.56. The smallest absolute Gasteiger partial charge is 0.269 e. The first kappa shape index (κ1) is 17.9. The first-order chi connectivity index (χ1) is 13.9. The molecular formula is C21H19N3O5. The van der Waals surface area contributed by atoms with Gasteiger partial charge in [-0.05, 0) is 29.9 Å². The average Bonchev–Trinajstić information content (AvgIpc) is 2.71. The van der Waals surface area contributed by atoms with E-state index in [0.717, 1.165) is 30.5 Å². The van der Waals surface area contributed by atoms with Crippen LogP contribution in [0, 0.1) is 38.0 Å². The number of carbonyl (C=O) groups is 1. The van der Waals surface area contributed by atoms with E-state index in [1.165, 1.54) is 12.1 Å². The van der Waals surface area contributed by atoms with Gasteiger partial charge in [0.05, 0.1) is 9.85 Å². The lowest BCUT2D eigenvalue weighted by Gasteiger charge is -2.59. The summed E-state index contributed by atoms with van der Waals surface area (Å²) in [6, 6.07) is 12.6. The fourth-order valence-electron chi connectivity index (χ4n) is 5.69. The maximum atomic E-state index is 13.3. The van der Waals surface area contributed by atoms with Gasteiger partial charge in [-0.2, -0.15) is 0 Å². The number of ketones is 1. The Morgan fingerprint density at radius 1 is 0.828 bits per heavy atom. The lowest BCUT2D eigenvalue weighted by molar-refractivity contribution is -0.385. The molecule has 3 aliphatic heterocycles. The molecule has 0 aromatic heterocycles. The van der Waals surface area contributed by atoms with E-state index < -0.39 is 9.85 Å². The van der Waals surface area contributed by atoms with Crippen LogP contribution in [0.2, 0.25) is 0 Å². The molecule has 4 fully saturated rings. The maximum absolute atomic E-state index is 13.3. The molecule has 8 heteroatoms. The molecule has 2 aromatic carbocycles. The second-order valence-electron chi connectivity index (χ2n) is 8.24. The van der Waals surface area contributed by atoms with Gasteiger partial charge < -0.3 is 0 Å². The summed E-state index contributed by atoms with van der Waals surface area (Å²) >= 11 is 0. The molecule has 3 saturated heterocycles. The van der Waals surface area contributed by atoms with Gasteiger partial charge in [0, 0.05) is 54.7 Å². The summed E-state index contributed by atoms with van der Waals surface area (Å²) in [7, 11) is 0. The summed E-state index contributed by atoms with van der Waals surface area (Å²) in [4.78, 5) is 37.2. The number of hydrogen-bond acceptors (Lipinski definition) is 6. The molecule has 3 heterocycles. The van der Waals surface area contributed by atoms with Gasteiger partial charge in [-0.25, -0.2) is 0 Å². The lowest BCUT2D eigenvalue weighted by Crippen LogP contribution is -2.60. The fraction of sp³-hybridized carbons (Fsp3) is 0.381. The van der Waals surface area contributed by atoms with Crippen molar-refractivity contribution in [3.8, 4) is 0 Å². The molecular weight excluding hydrogens is 374 g/mol. The number of carbonyl (C=O) groups excluding carboxylic acids is 1. The predicted molar refractivity (Wildman–Crippen MR) is 103 cm³/mol. The van der Waals surface area contributed by atoms with Crippen LogP contribution < -0.4 is 0 Å². The van der Waals surface area contributed by atoms with Crippen LogP contribution in [0.15, 0.2) is 48.5 Å². The maximum Gasteiger partial charge on any atom is 0.269 e. The van der Waals surface area contributed by atoms with E-state index in [0.29, 0.717) is 5.92 Å². The Balaban J connectivity index is 1.60. The van der Waals surface area contributed by atoms with E-state index >= 15 is 0 Å². The Morgan fingerprint density at radius 2 is 1.31 bits per heavy atom. The number of nitrogens with zero attached hydrogens (tertiary/aromatic N) is 3. The Bertz CT molecular complexity index is 961. The van der Waals surface area contributed by atoms with Crippen molar-refractivity contribution in [1.29, 1.82) is 0 Å². The standard InChI is InChI=1S/C21H19N3O5/c25-21-17-7-12-8-18(21)20(14-4-2-6-16(10-14)24(28)29)22(11-12)19(17)13-3-1-5-15(9-13)23(26)27/h1-6,9-10,12,17-20H,7-8,11H2. The van der Waals surface area contributed by atoms with Gasteiger partial charge in [0.15, 0.2) is 0 Å². The zero-order chi connectivity index (χ0) is 20.3. The van der Waals surface area contributed by atoms with E-state index in [2.05, 4.69) is 4.90 Å². The van der Waals surface area contributed by atoms with Crippen LogP contribution in [-0.4, -0.2) is 27.1 Å². The van der Waals surface area contributed by atoms with Crippen molar-refractivity contribution < 1.29 is 14.6 Å². The average molecular weight is 393 g/mol. The first-order valence-electron chi connectivity index (χ1n) is 9.72. The SMILES string of the molecule is O=C1C2CC3CC1C(c1cccc([N+](=O)[O-])c1)N(C3)C2c1cccc([N+](=O)[O-])c1. The van der Waals surface area contributed by atoms with Crippen molar-refractivity contribution in [2.75, 3.05) is 6.54 Å². The van der Waals surface area contributed by atoms with E-state index in [1.807, 2.05) is 12.1 Å². The molecule has 6 rings (SSSR count). The molecule has 2 aromatic rings. The number of non-ortho nitro benzene ring substituents is 2. The summed E-state index contributed by atoms with van der Waals surface area (Å²) in [6.45, 7) is 0.793. The molecule has 0 radical (unpaired) electrons. The van der Waals surface area contributed by atoms with Gasteiger partial charge in [0.1, 0.15) is 5.78 Å². The molecule has 0 N–H and O–H groups in total. The molecule has 0 amide bonds. The minimum Gasteiger partial charge on any atom is -0.299 e. The molecule has 0 spiro atoms. The number of benzene rings is 2. The van der Waals surface area contributed by atoms with E-state index in [-0.39, 0.29) is 41.1 Å². The monoisotopic (exact) mass is 393 g/mol. The lowest BCUT2D eigenvalue weighted by atomic mass is 9.59. The number of nitro groups is 2. The number of nitro benzene ring substituents is 2. The molecule has 8 nitrogen and oxygen atoms in total. The van der Waals surface area contributed by atoms with Crippen LogP contribution in [0.5, 0.6) is 0 Å². The highest BCUT2D eigenvalue weighted by atomic mass is 16.6. The van der Waals surface area contributed by atoms with Crippen molar-refractivity contribution >= 4 is 17.2 Å². The summed E-state index contributed by atoms with van der Waals surface area (Å²) in [5, 5.41) is 22.5. The minimum absolute atomic E-state index is 0.0110. The number of Topliss-reactive ketones (excluding diaryl/α,β-unsaturated/α-hetero) is 1. The Labute approximate surface area is 166 Å². The van der Waals surface area contributed by atoms with Crippen LogP contribution >= 0.6 is 0 Å². The van der Waals surface area contributed by atoms with Crippen molar-refractivity contribution in [3.05, 3.63) is 79.9 Å². The van der Waals surface area contributed by atoms with E-state index in [4.69, 9.17) is 0 Å². The van der Waals surface area contributed by atoms with Crippen LogP contribution in [0.1, 0.15) is 36.1 Å². The third kappa shape index (κ3) is 2.74. The zero-order valence-electron chi connectivity index (χ0n) is 15.5. The molecule has 148 valence electrons. The zero-order valence-corrected chi connectivity index (χ0v) is 15.5. The largest absolute Gasteiger partial charge is 0.299 e. The quantitative estimate of drug-likeness (QED) is 0.577. The summed E-state index contributed by atoms with van der Waals surface area (Å²) in [5.74, 6) is 0.256. The van der Waals surface area contributed by atoms with Gasteiger partial charge in [0.25, 0.3) is 11.4 Å². The van der Waals surface area contributed by atoms with Crippen LogP contribution in [0.3, 0.4) is 0 Å². The molecule has 1 saturated carbocycles. The molecule has 4 bridgehead atoms. The number of rotatable bonds is 4. The minimum atomic E-state index is -0.422. The van der Waals surface area contributed by atoms with Crippen LogP contribution in [0.4, 0.5) is 11.4 Å². The number of hydrogen-bond donors (Lipinski definition) is 0. The fourth-order valence-corrected chi connectivity index (χ4v) is 5.69. The Morgan fingerprint density at radius 3 is 1.76 bits per heavy atom. The summed E-state index contributed by atoms with van der Waals surface area (Å²) < 4.78 is 0. The first-order valence-corrected chi connectivity index (χ1v) is 9.72. The van der Waals surface area contributed by atoms with E-state index in [1.54, 1.807) is 24.3 Å². The number of piperidine rings is 3. The topological polar surface area (TPSA) is 107 Å². The van der Waals surface area contributed by atoms with Crippen LogP contribution in [0.25, 0.3) is 0 Å². The van der Waals surface area contributed by atoms with Crippen molar-refractivity contribution in [2.24, 2.45) is 17.8 Å². The molecule has 29 heavy (non-hydrogen) atoms. The second-order valence-corrected chi connectivity index (χ2v) is 8.24. The highest BCUT2D eigenvalue weighted by Crippen LogP contribution is 2.58. The van der Waals surface area contributed by atoms with E-state index in [9.17, 15) is 25.0 Å². The molecule has 4 atom stereocenters. The van der Waals surface area contributed by atoms with Gasteiger partial charge >= 0.3 is 0 Å². The Kier molecular flexibility index (Phi) is 3.99. The third-order valence-electron chi connectivity index (χ3n) is 6.70. The highest BCUT2D eigenvalue weighted by molar-refractivity contribution is 5.87. The van der Waals surface area contributed by atoms with Crippen molar-refractivity contribution in [3.63, 3.8) is 0 Å². The Hall–Kier alpha value is -3.13. The van der Waals surface area contributed by atoms with Gasteiger partial charge in [-0.1, -0.05) is 24.3 Å². The van der Waals surface area contributed by atoms with Crippen LogP contribution in [-0.2, 0) is 4.79 Å². The summed E-state index contributed by atoms with van der Waals surface area (Å²) in [6.07, 6.45) is 1.61. The second kappa shape index (κ2) is 6.45. The van der Waals surface area contributed by atoms with Gasteiger partial charge in [0.2, 0.25) is 0 Å². The van der Waals surface area contributed by atoms with Crippen molar-refractivity contribution in [2.45, 2.75) is 24.9 Å². The highest BCUT2D eigenvalue weighted by Gasteiger charge is 2.57. The third-order valence-corrected chi connectivity index (χ3v) is 6.70. The van der Waals surface area contributed by atoms with Gasteiger partial charge in [-0.3, -0.25) is 29.9 Å².